The Hall–Kier alpha value is -2.57. The Bertz CT molecular complexity index is 537. The molecule has 1 aromatic rings. The number of nitrogens with one attached hydrogen (secondary N) is 1. The Balaban J connectivity index is 2.02. The number of rotatable bonds is 5. The van der Waals surface area contributed by atoms with Gasteiger partial charge in [0.05, 0.1) is 0 Å². The largest absolute Gasteiger partial charge is 0.480 e. The van der Waals surface area contributed by atoms with Crippen molar-refractivity contribution >= 4 is 23.6 Å². The standard InChI is InChI=1S/C13H15N3O4/c14-12(19)8-1-3-9(4-2-8)15-13(20)16(7-11(17)18)10-5-6-10/h1-4,10H,5-7H2,(H2,14,19)(H,15,20)(H,17,18). The molecule has 0 bridgehead atoms. The summed E-state index contributed by atoms with van der Waals surface area (Å²) in [6.07, 6.45) is 1.64. The highest BCUT2D eigenvalue weighted by Crippen LogP contribution is 2.27. The zero-order valence-corrected chi connectivity index (χ0v) is 10.7. The lowest BCUT2D eigenvalue weighted by atomic mass is 10.2. The number of carbonyl (C=O) groups excluding carboxylic acids is 2. The third-order valence-electron chi connectivity index (χ3n) is 2.97. The monoisotopic (exact) mass is 277 g/mol. The van der Waals surface area contributed by atoms with Crippen molar-refractivity contribution in [2.45, 2.75) is 18.9 Å². The molecule has 1 aliphatic carbocycles. The Morgan fingerprint density at radius 1 is 1.25 bits per heavy atom. The number of carbonyl (C=O) groups is 3. The van der Waals surface area contributed by atoms with E-state index in [1.54, 1.807) is 12.1 Å². The van der Waals surface area contributed by atoms with Crippen molar-refractivity contribution in [2.75, 3.05) is 11.9 Å². The van der Waals surface area contributed by atoms with Gasteiger partial charge in [-0.1, -0.05) is 0 Å². The topological polar surface area (TPSA) is 113 Å². The zero-order valence-electron chi connectivity index (χ0n) is 10.7. The highest BCUT2D eigenvalue weighted by Gasteiger charge is 2.33. The highest BCUT2D eigenvalue weighted by molar-refractivity contribution is 5.95. The number of carboxylic acid groups (broad SMARTS) is 1. The number of urea groups is 1. The molecule has 7 nitrogen and oxygen atoms in total. The predicted molar refractivity (Wildman–Crippen MR) is 71.3 cm³/mol. The summed E-state index contributed by atoms with van der Waals surface area (Å²) in [5, 5.41) is 11.4. The van der Waals surface area contributed by atoms with Crippen LogP contribution in [0.2, 0.25) is 0 Å². The minimum atomic E-state index is -1.05. The van der Waals surface area contributed by atoms with E-state index in [2.05, 4.69) is 5.32 Å². The molecule has 0 radical (unpaired) electrons. The number of carboxylic acids is 1. The summed E-state index contributed by atoms with van der Waals surface area (Å²) in [4.78, 5) is 35.0. The van der Waals surface area contributed by atoms with Crippen molar-refractivity contribution in [3.05, 3.63) is 29.8 Å². The van der Waals surface area contributed by atoms with Crippen LogP contribution >= 0.6 is 0 Å². The molecule has 0 spiro atoms. The van der Waals surface area contributed by atoms with Crippen molar-refractivity contribution in [1.82, 2.24) is 4.90 Å². The fourth-order valence-electron chi connectivity index (χ4n) is 1.81. The third kappa shape index (κ3) is 3.47. The Kier molecular flexibility index (Phi) is 3.88. The molecular formula is C13H15N3O4. The van der Waals surface area contributed by atoms with E-state index in [9.17, 15) is 14.4 Å². The first kappa shape index (κ1) is 13.9. The van der Waals surface area contributed by atoms with Gasteiger partial charge in [-0.25, -0.2) is 4.79 Å². The number of hydrogen-bond donors (Lipinski definition) is 3. The average molecular weight is 277 g/mol. The van der Waals surface area contributed by atoms with E-state index in [0.717, 1.165) is 12.8 Å². The molecule has 1 aromatic carbocycles. The summed E-state index contributed by atoms with van der Waals surface area (Å²) in [6.45, 7) is -0.324. The zero-order chi connectivity index (χ0) is 14.7. The molecule has 4 N–H and O–H groups in total. The van der Waals surface area contributed by atoms with Crippen molar-refractivity contribution in [3.63, 3.8) is 0 Å². The van der Waals surface area contributed by atoms with E-state index < -0.39 is 17.9 Å². The van der Waals surface area contributed by atoms with E-state index in [4.69, 9.17) is 10.8 Å². The summed E-state index contributed by atoms with van der Waals surface area (Å²) in [7, 11) is 0. The van der Waals surface area contributed by atoms with Gasteiger partial charge in [0, 0.05) is 17.3 Å². The van der Waals surface area contributed by atoms with Crippen LogP contribution in [0.15, 0.2) is 24.3 Å². The van der Waals surface area contributed by atoms with Crippen molar-refractivity contribution in [1.29, 1.82) is 0 Å². The molecule has 0 aliphatic heterocycles. The maximum atomic E-state index is 12.0. The van der Waals surface area contributed by atoms with E-state index in [0.29, 0.717) is 11.3 Å². The summed E-state index contributed by atoms with van der Waals surface area (Å²) < 4.78 is 0. The van der Waals surface area contributed by atoms with Crippen LogP contribution in [0.4, 0.5) is 10.5 Å². The first-order valence-corrected chi connectivity index (χ1v) is 6.16. The number of amides is 3. The van der Waals surface area contributed by atoms with Crippen molar-refractivity contribution in [2.24, 2.45) is 5.73 Å². The maximum absolute atomic E-state index is 12.0. The number of nitrogens with zero attached hydrogens (tertiary/aromatic N) is 1. The Labute approximate surface area is 115 Å². The average Bonchev–Trinajstić information content (AvgIpc) is 3.20. The lowest BCUT2D eigenvalue weighted by Crippen LogP contribution is -2.40. The minimum Gasteiger partial charge on any atom is -0.480 e. The lowest BCUT2D eigenvalue weighted by molar-refractivity contribution is -0.137. The second kappa shape index (κ2) is 5.60. The Morgan fingerprint density at radius 3 is 2.30 bits per heavy atom. The normalized spacial score (nSPS) is 13.6. The van der Waals surface area contributed by atoms with Crippen LogP contribution in [0.3, 0.4) is 0 Å². The lowest BCUT2D eigenvalue weighted by Gasteiger charge is -2.20. The first-order chi connectivity index (χ1) is 9.47. The van der Waals surface area contributed by atoms with Gasteiger partial charge in [-0.05, 0) is 37.1 Å². The quantitative estimate of drug-likeness (QED) is 0.741. The number of anilines is 1. The van der Waals surface area contributed by atoms with Crippen molar-refractivity contribution < 1.29 is 19.5 Å². The molecule has 1 aliphatic rings. The van der Waals surface area contributed by atoms with E-state index in [1.807, 2.05) is 0 Å². The highest BCUT2D eigenvalue weighted by atomic mass is 16.4. The molecular weight excluding hydrogens is 262 g/mol. The van der Waals surface area contributed by atoms with Crippen LogP contribution in [0.25, 0.3) is 0 Å². The molecule has 0 heterocycles. The van der Waals surface area contributed by atoms with Gasteiger partial charge in [0.25, 0.3) is 0 Å². The fourth-order valence-corrected chi connectivity index (χ4v) is 1.81. The van der Waals surface area contributed by atoms with Crippen LogP contribution in [0, 0.1) is 0 Å². The Morgan fingerprint density at radius 2 is 1.85 bits per heavy atom. The molecule has 0 saturated heterocycles. The van der Waals surface area contributed by atoms with Gasteiger partial charge in [-0.15, -0.1) is 0 Å². The van der Waals surface area contributed by atoms with Crippen LogP contribution in [0.1, 0.15) is 23.2 Å². The second-order valence-corrected chi connectivity index (χ2v) is 4.62. The molecule has 0 unspecified atom stereocenters. The van der Waals surface area contributed by atoms with Crippen LogP contribution in [0.5, 0.6) is 0 Å². The van der Waals surface area contributed by atoms with Crippen molar-refractivity contribution in [3.8, 4) is 0 Å². The molecule has 106 valence electrons. The van der Waals surface area contributed by atoms with Crippen LogP contribution in [-0.2, 0) is 4.79 Å². The molecule has 2 rings (SSSR count). The molecule has 7 heteroatoms. The smallest absolute Gasteiger partial charge is 0.323 e. The molecule has 0 atom stereocenters. The molecule has 1 saturated carbocycles. The van der Waals surface area contributed by atoms with Gasteiger partial charge in [0.15, 0.2) is 0 Å². The van der Waals surface area contributed by atoms with Gasteiger partial charge in [-0.2, -0.15) is 0 Å². The minimum absolute atomic E-state index is 0.00371. The number of hydrogen-bond acceptors (Lipinski definition) is 3. The van der Waals surface area contributed by atoms with E-state index in [-0.39, 0.29) is 12.6 Å². The number of primary amides is 1. The van der Waals surface area contributed by atoms with Gasteiger partial charge in [0.1, 0.15) is 6.54 Å². The fraction of sp³-hybridized carbons (Fsp3) is 0.308. The molecule has 3 amide bonds. The second-order valence-electron chi connectivity index (χ2n) is 4.62. The SMILES string of the molecule is NC(=O)c1ccc(NC(=O)N(CC(=O)O)C2CC2)cc1. The van der Waals surface area contributed by atoms with E-state index in [1.165, 1.54) is 17.0 Å². The van der Waals surface area contributed by atoms with Gasteiger partial charge in [0.2, 0.25) is 5.91 Å². The number of nitrogens with two attached hydrogens (primary N) is 1. The van der Waals surface area contributed by atoms with Crippen LogP contribution < -0.4 is 11.1 Å². The molecule has 1 fully saturated rings. The summed E-state index contributed by atoms with van der Waals surface area (Å²) in [6, 6.07) is 5.62. The maximum Gasteiger partial charge on any atom is 0.323 e. The number of aliphatic carboxylic acids is 1. The van der Waals surface area contributed by atoms with E-state index >= 15 is 0 Å². The summed E-state index contributed by atoms with van der Waals surface area (Å²) >= 11 is 0. The number of benzene rings is 1. The third-order valence-corrected chi connectivity index (χ3v) is 2.97. The molecule has 0 aromatic heterocycles. The summed E-state index contributed by atoms with van der Waals surface area (Å²) in [5.41, 5.74) is 5.94. The molecule has 20 heavy (non-hydrogen) atoms. The van der Waals surface area contributed by atoms with Gasteiger partial charge >= 0.3 is 12.0 Å². The predicted octanol–water partition coefficient (Wildman–Crippen LogP) is 0.866. The first-order valence-electron chi connectivity index (χ1n) is 6.16. The van der Waals surface area contributed by atoms with Gasteiger partial charge in [-0.3, -0.25) is 9.59 Å². The van der Waals surface area contributed by atoms with Crippen LogP contribution in [-0.4, -0.2) is 40.5 Å². The van der Waals surface area contributed by atoms with Gasteiger partial charge < -0.3 is 21.1 Å². The summed E-state index contributed by atoms with van der Waals surface area (Å²) in [5.74, 6) is -1.59.